The first-order valence-electron chi connectivity index (χ1n) is 6.77. The third-order valence-electron chi connectivity index (χ3n) is 3.71. The zero-order valence-electron chi connectivity index (χ0n) is 12.4. The van der Waals surface area contributed by atoms with E-state index in [0.29, 0.717) is 0 Å². The molecule has 0 aromatic rings. The second-order valence-corrected chi connectivity index (χ2v) is 6.50. The summed E-state index contributed by atoms with van der Waals surface area (Å²) in [6.07, 6.45) is -5.18. The van der Waals surface area contributed by atoms with Crippen LogP contribution in [0.1, 0.15) is 34.1 Å². The summed E-state index contributed by atoms with van der Waals surface area (Å²) in [5, 5.41) is 0. The number of ether oxygens (including phenoxy) is 1. The van der Waals surface area contributed by atoms with Crippen molar-refractivity contribution in [3.63, 3.8) is 0 Å². The summed E-state index contributed by atoms with van der Waals surface area (Å²) in [5.74, 6) is -0.617. The Balaban J connectivity index is 2.22. The second-order valence-electron chi connectivity index (χ2n) is 6.50. The molecule has 0 N–H and O–H groups in total. The van der Waals surface area contributed by atoms with Gasteiger partial charge in [-0.2, -0.15) is 13.2 Å². The number of carbonyl (C=O) groups is 2. The Morgan fingerprint density at radius 2 is 1.76 bits per heavy atom. The number of rotatable bonds is 0. The average Bonchev–Trinajstić information content (AvgIpc) is 2.81. The van der Waals surface area contributed by atoms with Crippen LogP contribution in [-0.4, -0.2) is 58.2 Å². The maximum atomic E-state index is 13.2. The fraction of sp³-hybridized carbons (Fsp3) is 0.846. The molecule has 120 valence electrons. The van der Waals surface area contributed by atoms with Gasteiger partial charge in [0.2, 0.25) is 5.91 Å². The van der Waals surface area contributed by atoms with E-state index in [9.17, 15) is 22.8 Å². The van der Waals surface area contributed by atoms with Gasteiger partial charge in [0.25, 0.3) is 0 Å². The van der Waals surface area contributed by atoms with Crippen molar-refractivity contribution in [2.24, 2.45) is 0 Å². The van der Waals surface area contributed by atoms with Crippen LogP contribution in [0.4, 0.5) is 18.0 Å². The Morgan fingerprint density at radius 1 is 1.19 bits per heavy atom. The van der Waals surface area contributed by atoms with E-state index in [1.807, 2.05) is 0 Å². The minimum atomic E-state index is -4.56. The molecule has 2 aliphatic heterocycles. The summed E-state index contributed by atoms with van der Waals surface area (Å²) < 4.78 is 44.8. The lowest BCUT2D eigenvalue weighted by molar-refractivity contribution is -0.200. The number of fused-ring (bicyclic) bond motifs is 2. The molecular weight excluding hydrogens is 289 g/mol. The van der Waals surface area contributed by atoms with Gasteiger partial charge >= 0.3 is 12.3 Å². The number of nitrogens with zero attached hydrogens (tertiary/aromatic N) is 2. The minimum Gasteiger partial charge on any atom is -0.444 e. The van der Waals surface area contributed by atoms with Crippen LogP contribution in [0, 0.1) is 0 Å². The predicted molar refractivity (Wildman–Crippen MR) is 67.5 cm³/mol. The Kier molecular flexibility index (Phi) is 3.62. The van der Waals surface area contributed by atoms with Crippen molar-refractivity contribution < 1.29 is 27.5 Å². The first-order valence-corrected chi connectivity index (χ1v) is 6.77. The summed E-state index contributed by atoms with van der Waals surface area (Å²) in [6.45, 7) is 6.18. The molecule has 0 aliphatic carbocycles. The highest BCUT2D eigenvalue weighted by Gasteiger charge is 2.62. The van der Waals surface area contributed by atoms with Gasteiger partial charge in [0, 0.05) is 13.5 Å². The molecule has 8 heteroatoms. The summed E-state index contributed by atoms with van der Waals surface area (Å²) in [7, 11) is 0. The van der Waals surface area contributed by atoms with Crippen molar-refractivity contribution in [3.8, 4) is 0 Å². The lowest BCUT2D eigenvalue weighted by Crippen LogP contribution is -2.61. The number of likely N-dealkylation sites (tertiary alicyclic amines) is 2. The Hall–Kier alpha value is -1.47. The molecule has 0 aromatic heterocycles. The van der Waals surface area contributed by atoms with Crippen LogP contribution in [0.5, 0.6) is 0 Å². The van der Waals surface area contributed by atoms with Gasteiger partial charge in [-0.1, -0.05) is 0 Å². The molecule has 3 unspecified atom stereocenters. The average molecular weight is 308 g/mol. The number of halogens is 3. The van der Waals surface area contributed by atoms with Crippen molar-refractivity contribution in [2.45, 2.75) is 64.0 Å². The molecule has 0 aromatic carbocycles. The van der Waals surface area contributed by atoms with E-state index < -0.39 is 41.9 Å². The van der Waals surface area contributed by atoms with E-state index in [-0.39, 0.29) is 13.0 Å². The quantitative estimate of drug-likeness (QED) is 0.689. The molecular formula is C13H19F3N2O3. The monoisotopic (exact) mass is 308 g/mol. The van der Waals surface area contributed by atoms with E-state index in [4.69, 9.17) is 4.74 Å². The van der Waals surface area contributed by atoms with Gasteiger partial charge in [-0.15, -0.1) is 0 Å². The molecule has 2 rings (SSSR count). The van der Waals surface area contributed by atoms with Gasteiger partial charge in [0.05, 0.1) is 12.1 Å². The smallest absolute Gasteiger partial charge is 0.410 e. The SMILES string of the molecule is CC(=O)N1C2CC(C1C(F)(F)F)N(C(=O)OC(C)(C)C)C2. The first-order chi connectivity index (χ1) is 9.42. The lowest BCUT2D eigenvalue weighted by Gasteiger charge is -2.41. The zero-order chi connectivity index (χ0) is 16.2. The van der Waals surface area contributed by atoms with E-state index in [1.165, 1.54) is 0 Å². The van der Waals surface area contributed by atoms with Crippen molar-refractivity contribution >= 4 is 12.0 Å². The highest BCUT2D eigenvalue weighted by molar-refractivity contribution is 5.76. The van der Waals surface area contributed by atoms with Gasteiger partial charge in [-0.25, -0.2) is 4.79 Å². The number of hydrogen-bond donors (Lipinski definition) is 0. The van der Waals surface area contributed by atoms with Crippen LogP contribution < -0.4 is 0 Å². The molecule has 21 heavy (non-hydrogen) atoms. The van der Waals surface area contributed by atoms with E-state index in [0.717, 1.165) is 16.7 Å². The highest BCUT2D eigenvalue weighted by atomic mass is 19.4. The number of piperazine rings is 1. The van der Waals surface area contributed by atoms with Gasteiger partial charge < -0.3 is 14.5 Å². The zero-order valence-corrected chi connectivity index (χ0v) is 12.4. The third kappa shape index (κ3) is 2.94. The molecule has 0 radical (unpaired) electrons. The maximum Gasteiger partial charge on any atom is 0.410 e. The van der Waals surface area contributed by atoms with Crippen molar-refractivity contribution in [3.05, 3.63) is 0 Å². The first kappa shape index (κ1) is 15.9. The van der Waals surface area contributed by atoms with Crippen LogP contribution in [-0.2, 0) is 9.53 Å². The molecule has 2 heterocycles. The fourth-order valence-corrected chi connectivity index (χ4v) is 3.12. The summed E-state index contributed by atoms with van der Waals surface area (Å²) in [4.78, 5) is 25.5. The number of carbonyl (C=O) groups excluding carboxylic acids is 2. The molecule has 0 saturated carbocycles. The second kappa shape index (κ2) is 4.78. The fourth-order valence-electron chi connectivity index (χ4n) is 3.12. The predicted octanol–water partition coefficient (Wildman–Crippen LogP) is 2.16. The molecule has 0 spiro atoms. The number of alkyl halides is 3. The number of hydrogen-bond acceptors (Lipinski definition) is 3. The molecule has 3 atom stereocenters. The molecule has 2 saturated heterocycles. The van der Waals surface area contributed by atoms with Gasteiger partial charge in [0.15, 0.2) is 0 Å². The maximum absolute atomic E-state index is 13.2. The van der Waals surface area contributed by atoms with Crippen LogP contribution in [0.15, 0.2) is 0 Å². The summed E-state index contributed by atoms with van der Waals surface area (Å²) >= 11 is 0. The Bertz CT molecular complexity index is 459. The standard InChI is InChI=1S/C13H19F3N2O3/c1-7(19)18-8-5-9(10(18)13(14,15)16)17(6-8)11(20)21-12(2,3)4/h8-10H,5-6H2,1-4H3. The van der Waals surface area contributed by atoms with Crippen molar-refractivity contribution in [1.82, 2.24) is 9.80 Å². The summed E-state index contributed by atoms with van der Waals surface area (Å²) in [6, 6.07) is -3.60. The van der Waals surface area contributed by atoms with Crippen molar-refractivity contribution in [2.75, 3.05) is 6.54 Å². The van der Waals surface area contributed by atoms with Gasteiger partial charge in [-0.05, 0) is 27.2 Å². The van der Waals surface area contributed by atoms with Gasteiger partial charge in [0.1, 0.15) is 11.6 Å². The van der Waals surface area contributed by atoms with E-state index in [1.54, 1.807) is 20.8 Å². The van der Waals surface area contributed by atoms with Crippen molar-refractivity contribution in [1.29, 1.82) is 0 Å². The van der Waals surface area contributed by atoms with Crippen LogP contribution in [0.25, 0.3) is 0 Å². The topological polar surface area (TPSA) is 49.9 Å². The number of amides is 2. The van der Waals surface area contributed by atoms with Gasteiger partial charge in [-0.3, -0.25) is 4.79 Å². The van der Waals surface area contributed by atoms with Crippen LogP contribution in [0.3, 0.4) is 0 Å². The van der Waals surface area contributed by atoms with Crippen LogP contribution in [0.2, 0.25) is 0 Å². The normalized spacial score (nSPS) is 29.0. The minimum absolute atomic E-state index is 0.0890. The largest absolute Gasteiger partial charge is 0.444 e. The molecule has 2 bridgehead atoms. The molecule has 2 amide bonds. The summed E-state index contributed by atoms with van der Waals surface area (Å²) in [5.41, 5.74) is -0.771. The third-order valence-corrected chi connectivity index (χ3v) is 3.71. The molecule has 5 nitrogen and oxygen atoms in total. The van der Waals surface area contributed by atoms with E-state index >= 15 is 0 Å². The Labute approximate surface area is 121 Å². The highest BCUT2D eigenvalue weighted by Crippen LogP contribution is 2.43. The Morgan fingerprint density at radius 3 is 2.19 bits per heavy atom. The lowest BCUT2D eigenvalue weighted by atomic mass is 10.1. The molecule has 2 aliphatic rings. The molecule has 2 fully saturated rings. The van der Waals surface area contributed by atoms with E-state index in [2.05, 4.69) is 0 Å². The van der Waals surface area contributed by atoms with Crippen LogP contribution >= 0.6 is 0 Å².